The lowest BCUT2D eigenvalue weighted by atomic mass is 10.1. The van der Waals surface area contributed by atoms with Gasteiger partial charge in [0.2, 0.25) is 0 Å². The zero-order valence-electron chi connectivity index (χ0n) is 6.65. The van der Waals surface area contributed by atoms with Gasteiger partial charge in [0.1, 0.15) is 0 Å². The van der Waals surface area contributed by atoms with Gasteiger partial charge in [-0.05, 0) is 36.3 Å². The number of hydrogen-bond donors (Lipinski definition) is 0. The highest BCUT2D eigenvalue weighted by molar-refractivity contribution is 7.10. The Kier molecular flexibility index (Phi) is 1.91. The third-order valence-corrected chi connectivity index (χ3v) is 3.33. The van der Waals surface area contributed by atoms with Crippen molar-refractivity contribution < 1.29 is 8.78 Å². The van der Waals surface area contributed by atoms with E-state index in [0.29, 0.717) is 11.3 Å². The molecule has 0 saturated heterocycles. The van der Waals surface area contributed by atoms with Crippen LogP contribution in [0.15, 0.2) is 11.4 Å². The smallest absolute Gasteiger partial charge is 0.200 e. The molecule has 2 rings (SSSR count). The van der Waals surface area contributed by atoms with Crippen molar-refractivity contribution in [3.63, 3.8) is 0 Å². The molecule has 1 aromatic heterocycles. The molecule has 0 nitrogen and oxygen atoms in total. The van der Waals surface area contributed by atoms with Crippen LogP contribution >= 0.6 is 11.3 Å². The standard InChI is InChI=1S/C9H10F2S/c10-9(11)5-2-1-3-7-4-6-12-8(7)9/h4,6H,1-3,5H2. The Balaban J connectivity index is 2.43. The molecule has 1 aliphatic rings. The van der Waals surface area contributed by atoms with E-state index in [1.807, 2.05) is 6.07 Å². The van der Waals surface area contributed by atoms with E-state index in [4.69, 9.17) is 0 Å². The number of alkyl halides is 2. The van der Waals surface area contributed by atoms with Crippen molar-refractivity contribution >= 4 is 11.3 Å². The van der Waals surface area contributed by atoms with E-state index in [1.165, 1.54) is 11.3 Å². The highest BCUT2D eigenvalue weighted by Crippen LogP contribution is 2.41. The van der Waals surface area contributed by atoms with E-state index in [9.17, 15) is 8.78 Å². The van der Waals surface area contributed by atoms with Gasteiger partial charge in [-0.25, -0.2) is 8.78 Å². The second-order valence-corrected chi connectivity index (χ2v) is 4.10. The van der Waals surface area contributed by atoms with Gasteiger partial charge < -0.3 is 0 Å². The minimum atomic E-state index is -2.56. The molecule has 0 unspecified atom stereocenters. The molecule has 12 heavy (non-hydrogen) atoms. The van der Waals surface area contributed by atoms with Gasteiger partial charge in [-0.3, -0.25) is 0 Å². The Labute approximate surface area is 74.2 Å². The average molecular weight is 188 g/mol. The Morgan fingerprint density at radius 2 is 2.17 bits per heavy atom. The summed E-state index contributed by atoms with van der Waals surface area (Å²) < 4.78 is 26.6. The van der Waals surface area contributed by atoms with Crippen LogP contribution in [-0.2, 0) is 12.3 Å². The first-order valence-corrected chi connectivity index (χ1v) is 5.03. The van der Waals surface area contributed by atoms with E-state index >= 15 is 0 Å². The lowest BCUT2D eigenvalue weighted by Gasteiger charge is -2.12. The van der Waals surface area contributed by atoms with Gasteiger partial charge in [0.05, 0.1) is 4.88 Å². The predicted octanol–water partition coefficient (Wildman–Crippen LogP) is 3.57. The summed E-state index contributed by atoms with van der Waals surface area (Å²) in [5.41, 5.74) is 0.863. The van der Waals surface area contributed by atoms with Crippen molar-refractivity contribution in [2.45, 2.75) is 31.6 Å². The number of halogens is 2. The number of thiophene rings is 1. The van der Waals surface area contributed by atoms with E-state index in [1.54, 1.807) is 5.38 Å². The quantitative estimate of drug-likeness (QED) is 0.546. The zero-order valence-corrected chi connectivity index (χ0v) is 7.46. The van der Waals surface area contributed by atoms with Gasteiger partial charge >= 0.3 is 0 Å². The molecule has 0 fully saturated rings. The summed E-state index contributed by atoms with van der Waals surface area (Å²) in [5, 5.41) is 1.77. The van der Waals surface area contributed by atoms with Crippen LogP contribution in [0.1, 0.15) is 29.7 Å². The van der Waals surface area contributed by atoms with Gasteiger partial charge in [0.25, 0.3) is 5.92 Å². The Morgan fingerprint density at radius 1 is 1.33 bits per heavy atom. The molecule has 66 valence electrons. The molecule has 0 bridgehead atoms. The van der Waals surface area contributed by atoms with Crippen LogP contribution in [0.5, 0.6) is 0 Å². The van der Waals surface area contributed by atoms with Crippen LogP contribution in [0.25, 0.3) is 0 Å². The van der Waals surface area contributed by atoms with E-state index in [2.05, 4.69) is 0 Å². The number of aryl methyl sites for hydroxylation is 1. The van der Waals surface area contributed by atoms with Crippen LogP contribution < -0.4 is 0 Å². The molecule has 3 heteroatoms. The minimum absolute atomic E-state index is 0.0283. The van der Waals surface area contributed by atoms with Crippen LogP contribution in [-0.4, -0.2) is 0 Å². The van der Waals surface area contributed by atoms with E-state index < -0.39 is 5.92 Å². The van der Waals surface area contributed by atoms with Gasteiger partial charge in [0, 0.05) is 6.42 Å². The molecule has 1 aromatic rings. The SMILES string of the molecule is FC1(F)CCCCc2ccsc21. The second-order valence-electron chi connectivity index (χ2n) is 3.19. The first-order chi connectivity index (χ1) is 5.70. The maximum Gasteiger partial charge on any atom is 0.282 e. The summed E-state index contributed by atoms with van der Waals surface area (Å²) in [6.45, 7) is 0. The van der Waals surface area contributed by atoms with Crippen molar-refractivity contribution in [3.8, 4) is 0 Å². The normalized spacial score (nSPS) is 21.5. The molecule has 0 radical (unpaired) electrons. The molecule has 1 aliphatic carbocycles. The third kappa shape index (κ3) is 1.26. The molecule has 0 saturated carbocycles. The topological polar surface area (TPSA) is 0 Å². The van der Waals surface area contributed by atoms with E-state index in [-0.39, 0.29) is 6.42 Å². The van der Waals surface area contributed by atoms with Crippen molar-refractivity contribution in [2.75, 3.05) is 0 Å². The summed E-state index contributed by atoms with van der Waals surface area (Å²) >= 11 is 1.20. The Hall–Kier alpha value is -0.440. The van der Waals surface area contributed by atoms with Crippen LogP contribution in [0.3, 0.4) is 0 Å². The first kappa shape index (κ1) is 8.17. The van der Waals surface area contributed by atoms with Crippen molar-refractivity contribution in [3.05, 3.63) is 21.9 Å². The fourth-order valence-corrected chi connectivity index (χ4v) is 2.59. The molecular weight excluding hydrogens is 178 g/mol. The molecule has 0 N–H and O–H groups in total. The summed E-state index contributed by atoms with van der Waals surface area (Å²) in [5.74, 6) is -2.56. The minimum Gasteiger partial charge on any atom is -0.200 e. The van der Waals surface area contributed by atoms with Crippen LogP contribution in [0.4, 0.5) is 8.78 Å². The Bertz CT molecular complexity index is 278. The van der Waals surface area contributed by atoms with Crippen LogP contribution in [0.2, 0.25) is 0 Å². The van der Waals surface area contributed by atoms with Gasteiger partial charge in [-0.15, -0.1) is 11.3 Å². The zero-order chi connectivity index (χ0) is 8.60. The highest BCUT2D eigenvalue weighted by atomic mass is 32.1. The third-order valence-electron chi connectivity index (χ3n) is 2.27. The maximum absolute atomic E-state index is 13.3. The molecular formula is C9H10F2S. The highest BCUT2D eigenvalue weighted by Gasteiger charge is 2.35. The summed E-state index contributed by atoms with van der Waals surface area (Å²) in [7, 11) is 0. The lowest BCUT2D eigenvalue weighted by molar-refractivity contribution is -0.00988. The molecule has 0 spiro atoms. The molecule has 0 amide bonds. The lowest BCUT2D eigenvalue weighted by Crippen LogP contribution is -2.10. The molecule has 1 heterocycles. The van der Waals surface area contributed by atoms with Gasteiger partial charge in [-0.2, -0.15) is 0 Å². The fraction of sp³-hybridized carbons (Fsp3) is 0.556. The van der Waals surface area contributed by atoms with Crippen LogP contribution in [0, 0.1) is 0 Å². The second kappa shape index (κ2) is 2.80. The predicted molar refractivity (Wildman–Crippen MR) is 45.8 cm³/mol. The van der Waals surface area contributed by atoms with Gasteiger partial charge in [0.15, 0.2) is 0 Å². The monoisotopic (exact) mass is 188 g/mol. The maximum atomic E-state index is 13.3. The van der Waals surface area contributed by atoms with E-state index in [0.717, 1.165) is 18.4 Å². The first-order valence-electron chi connectivity index (χ1n) is 4.15. The van der Waals surface area contributed by atoms with Crippen molar-refractivity contribution in [2.24, 2.45) is 0 Å². The molecule has 0 atom stereocenters. The summed E-state index contributed by atoms with van der Waals surface area (Å²) in [6, 6.07) is 1.83. The Morgan fingerprint density at radius 3 is 3.00 bits per heavy atom. The summed E-state index contributed by atoms with van der Waals surface area (Å²) in [4.78, 5) is 0.306. The summed E-state index contributed by atoms with van der Waals surface area (Å²) in [6.07, 6.45) is 2.41. The molecule has 0 aromatic carbocycles. The molecule has 0 aliphatic heterocycles. The number of rotatable bonds is 0. The largest absolute Gasteiger partial charge is 0.282 e. The average Bonchev–Trinajstić information content (AvgIpc) is 2.42. The number of fused-ring (bicyclic) bond motifs is 1. The van der Waals surface area contributed by atoms with Gasteiger partial charge in [-0.1, -0.05) is 0 Å². The van der Waals surface area contributed by atoms with Crippen molar-refractivity contribution in [1.29, 1.82) is 0 Å². The fourth-order valence-electron chi connectivity index (χ4n) is 1.63. The van der Waals surface area contributed by atoms with Crippen molar-refractivity contribution in [1.82, 2.24) is 0 Å². The number of hydrogen-bond acceptors (Lipinski definition) is 1.